The summed E-state index contributed by atoms with van der Waals surface area (Å²) in [6.45, 7) is 2.06. The van der Waals surface area contributed by atoms with Crippen molar-refractivity contribution in [3.05, 3.63) is 0 Å². The summed E-state index contributed by atoms with van der Waals surface area (Å²) in [4.78, 5) is 2.49. The monoisotopic (exact) mass is 177 g/mol. The standard InChI is InChI=1S/C10H15N3/c11-4-7-5-13(6-7)10-2-8-1-9(3-10)12-8/h7-10,12H,1-3,5-6H2. The van der Waals surface area contributed by atoms with E-state index in [0.717, 1.165) is 31.2 Å². The molecule has 1 aliphatic carbocycles. The lowest BCUT2D eigenvalue weighted by Gasteiger charge is -2.52. The topological polar surface area (TPSA) is 39.1 Å². The maximum absolute atomic E-state index is 8.67. The van der Waals surface area contributed by atoms with Gasteiger partial charge in [0.1, 0.15) is 0 Å². The highest BCUT2D eigenvalue weighted by molar-refractivity contribution is 5.04. The molecule has 3 heteroatoms. The molecule has 3 aliphatic heterocycles. The molecule has 4 fully saturated rings. The SMILES string of the molecule is N#CC1CN(C2CC3CC(C2)N3)C1. The van der Waals surface area contributed by atoms with Crippen LogP contribution in [-0.4, -0.2) is 36.1 Å². The van der Waals surface area contributed by atoms with Gasteiger partial charge in [-0.3, -0.25) is 4.90 Å². The highest BCUT2D eigenvalue weighted by atomic mass is 15.2. The zero-order valence-electron chi connectivity index (χ0n) is 7.74. The predicted octanol–water partition coefficient (Wildman–Crippen LogP) is 0.335. The molecule has 2 atom stereocenters. The van der Waals surface area contributed by atoms with Crippen molar-refractivity contribution in [1.29, 1.82) is 5.26 Å². The first-order chi connectivity index (χ1) is 6.35. The maximum atomic E-state index is 8.67. The van der Waals surface area contributed by atoms with Crippen molar-refractivity contribution in [2.24, 2.45) is 5.92 Å². The quantitative estimate of drug-likeness (QED) is 0.627. The Hall–Kier alpha value is -0.590. The second-order valence-electron chi connectivity index (χ2n) is 4.70. The highest BCUT2D eigenvalue weighted by Crippen LogP contribution is 2.34. The first-order valence-electron chi connectivity index (χ1n) is 5.25. The Bertz CT molecular complexity index is 235. The molecule has 1 N–H and O–H groups in total. The lowest BCUT2D eigenvalue weighted by Crippen LogP contribution is -2.65. The Morgan fingerprint density at radius 3 is 2.31 bits per heavy atom. The Balaban J connectivity index is 1.54. The van der Waals surface area contributed by atoms with Crippen LogP contribution in [0.1, 0.15) is 19.3 Å². The summed E-state index contributed by atoms with van der Waals surface area (Å²) in [6, 6.07) is 4.71. The number of likely N-dealkylation sites (tertiary alicyclic amines) is 1. The molecule has 1 saturated carbocycles. The molecular weight excluding hydrogens is 162 g/mol. The van der Waals surface area contributed by atoms with E-state index < -0.39 is 0 Å². The highest BCUT2D eigenvalue weighted by Gasteiger charge is 2.42. The molecule has 2 unspecified atom stereocenters. The molecule has 13 heavy (non-hydrogen) atoms. The minimum Gasteiger partial charge on any atom is -0.311 e. The van der Waals surface area contributed by atoms with Crippen LogP contribution in [0.3, 0.4) is 0 Å². The predicted molar refractivity (Wildman–Crippen MR) is 49.0 cm³/mol. The first-order valence-corrected chi connectivity index (χ1v) is 5.25. The number of nitrogens with zero attached hydrogens (tertiary/aromatic N) is 2. The van der Waals surface area contributed by atoms with Crippen LogP contribution in [0.4, 0.5) is 0 Å². The van der Waals surface area contributed by atoms with Crippen molar-refractivity contribution in [1.82, 2.24) is 10.2 Å². The normalized spacial score (nSPS) is 44.7. The smallest absolute Gasteiger partial charge is 0.0717 e. The Morgan fingerprint density at radius 1 is 1.15 bits per heavy atom. The van der Waals surface area contributed by atoms with Gasteiger partial charge in [-0.2, -0.15) is 5.26 Å². The third-order valence-electron chi connectivity index (χ3n) is 3.76. The van der Waals surface area contributed by atoms with E-state index >= 15 is 0 Å². The molecule has 3 heterocycles. The van der Waals surface area contributed by atoms with E-state index in [-0.39, 0.29) is 0 Å². The zero-order chi connectivity index (χ0) is 8.84. The van der Waals surface area contributed by atoms with E-state index in [0.29, 0.717) is 5.92 Å². The fraction of sp³-hybridized carbons (Fsp3) is 0.900. The van der Waals surface area contributed by atoms with Crippen LogP contribution < -0.4 is 5.32 Å². The molecule has 4 aliphatic rings. The van der Waals surface area contributed by atoms with E-state index in [1.54, 1.807) is 0 Å². The molecule has 70 valence electrons. The Kier molecular flexibility index (Phi) is 1.61. The third-order valence-corrected chi connectivity index (χ3v) is 3.76. The van der Waals surface area contributed by atoms with Gasteiger partial charge < -0.3 is 5.32 Å². The molecule has 0 aromatic rings. The van der Waals surface area contributed by atoms with E-state index in [4.69, 9.17) is 5.26 Å². The van der Waals surface area contributed by atoms with Crippen LogP contribution in [0.2, 0.25) is 0 Å². The van der Waals surface area contributed by atoms with Crippen molar-refractivity contribution in [2.75, 3.05) is 13.1 Å². The van der Waals surface area contributed by atoms with Crippen LogP contribution in [0.25, 0.3) is 0 Å². The van der Waals surface area contributed by atoms with Crippen molar-refractivity contribution >= 4 is 0 Å². The van der Waals surface area contributed by atoms with Crippen LogP contribution in [-0.2, 0) is 0 Å². The summed E-state index contributed by atoms with van der Waals surface area (Å²) >= 11 is 0. The van der Waals surface area contributed by atoms with Crippen molar-refractivity contribution in [3.63, 3.8) is 0 Å². The van der Waals surface area contributed by atoms with Gasteiger partial charge in [-0.05, 0) is 19.3 Å². The summed E-state index contributed by atoms with van der Waals surface area (Å²) in [6.07, 6.45) is 4.02. The molecule has 4 rings (SSSR count). The van der Waals surface area contributed by atoms with E-state index in [2.05, 4.69) is 16.3 Å². The molecule has 0 amide bonds. The van der Waals surface area contributed by atoms with Gasteiger partial charge in [0.15, 0.2) is 0 Å². The minimum atomic E-state index is 0.325. The molecule has 0 radical (unpaired) electrons. The summed E-state index contributed by atoms with van der Waals surface area (Å²) in [5.74, 6) is 0.325. The Labute approximate surface area is 78.7 Å². The number of rotatable bonds is 1. The largest absolute Gasteiger partial charge is 0.311 e. The van der Waals surface area contributed by atoms with Gasteiger partial charge in [0, 0.05) is 31.2 Å². The molecule has 0 aromatic heterocycles. The molecule has 0 aromatic carbocycles. The lowest BCUT2D eigenvalue weighted by molar-refractivity contribution is 0.0113. The van der Waals surface area contributed by atoms with E-state index in [1.807, 2.05) is 0 Å². The number of hydrogen-bond donors (Lipinski definition) is 1. The lowest BCUT2D eigenvalue weighted by atomic mass is 9.77. The summed E-state index contributed by atoms with van der Waals surface area (Å²) < 4.78 is 0. The van der Waals surface area contributed by atoms with Crippen LogP contribution in [0, 0.1) is 17.2 Å². The molecule has 0 spiro atoms. The van der Waals surface area contributed by atoms with E-state index in [1.165, 1.54) is 19.3 Å². The first kappa shape index (κ1) is 7.78. The number of fused-ring (bicyclic) bond motifs is 2. The van der Waals surface area contributed by atoms with Crippen LogP contribution in [0.5, 0.6) is 0 Å². The molecular formula is C10H15N3. The van der Waals surface area contributed by atoms with Gasteiger partial charge in [0.2, 0.25) is 0 Å². The minimum absolute atomic E-state index is 0.325. The van der Waals surface area contributed by atoms with Gasteiger partial charge in [-0.1, -0.05) is 0 Å². The van der Waals surface area contributed by atoms with Gasteiger partial charge in [0.25, 0.3) is 0 Å². The number of nitriles is 1. The van der Waals surface area contributed by atoms with Gasteiger partial charge in [-0.25, -0.2) is 0 Å². The van der Waals surface area contributed by atoms with Crippen molar-refractivity contribution in [3.8, 4) is 6.07 Å². The fourth-order valence-corrected chi connectivity index (χ4v) is 2.92. The second-order valence-corrected chi connectivity index (χ2v) is 4.70. The molecule has 3 saturated heterocycles. The summed E-state index contributed by atoms with van der Waals surface area (Å²) in [5.41, 5.74) is 0. The fourth-order valence-electron chi connectivity index (χ4n) is 2.92. The molecule has 3 nitrogen and oxygen atoms in total. The zero-order valence-corrected chi connectivity index (χ0v) is 7.74. The average Bonchev–Trinajstić information content (AvgIpc) is 2.01. The van der Waals surface area contributed by atoms with Crippen molar-refractivity contribution in [2.45, 2.75) is 37.4 Å². The Morgan fingerprint density at radius 2 is 1.77 bits per heavy atom. The van der Waals surface area contributed by atoms with Crippen LogP contribution in [0.15, 0.2) is 0 Å². The maximum Gasteiger partial charge on any atom is 0.0717 e. The van der Waals surface area contributed by atoms with Gasteiger partial charge >= 0.3 is 0 Å². The number of piperidine rings is 1. The second kappa shape index (κ2) is 2.70. The average molecular weight is 177 g/mol. The third kappa shape index (κ3) is 1.17. The van der Waals surface area contributed by atoms with Crippen molar-refractivity contribution < 1.29 is 0 Å². The molecule has 2 bridgehead atoms. The number of hydrogen-bond acceptors (Lipinski definition) is 3. The van der Waals surface area contributed by atoms with Gasteiger partial charge in [0.05, 0.1) is 12.0 Å². The van der Waals surface area contributed by atoms with Gasteiger partial charge in [-0.15, -0.1) is 0 Å². The van der Waals surface area contributed by atoms with Crippen LogP contribution >= 0.6 is 0 Å². The van der Waals surface area contributed by atoms with E-state index in [9.17, 15) is 0 Å². The summed E-state index contributed by atoms with van der Waals surface area (Å²) in [7, 11) is 0. The summed E-state index contributed by atoms with van der Waals surface area (Å²) in [5, 5.41) is 12.2. The number of nitrogens with one attached hydrogen (secondary N) is 1.